The van der Waals surface area contributed by atoms with Gasteiger partial charge in [-0.1, -0.05) is 0 Å². The van der Waals surface area contributed by atoms with Gasteiger partial charge in [-0.25, -0.2) is 4.79 Å². The molecule has 0 aliphatic rings. The molecule has 7 nitrogen and oxygen atoms in total. The Bertz CT molecular complexity index is 311. The van der Waals surface area contributed by atoms with Crippen molar-refractivity contribution < 1.29 is 24.6 Å². The van der Waals surface area contributed by atoms with Crippen molar-refractivity contribution in [1.29, 1.82) is 0 Å². The molecule has 8 heteroatoms. The monoisotopic (exact) mass is 278 g/mol. The fraction of sp³-hybridized carbons (Fsp3) is 0.700. The Hall–Kier alpha value is -1.28. The molecule has 0 spiro atoms. The minimum Gasteiger partial charge on any atom is -0.480 e. The predicted molar refractivity (Wildman–Crippen MR) is 67.4 cm³/mol. The van der Waals surface area contributed by atoms with E-state index in [0.29, 0.717) is 12.2 Å². The van der Waals surface area contributed by atoms with Crippen molar-refractivity contribution in [2.75, 3.05) is 12.0 Å². The largest absolute Gasteiger partial charge is 0.480 e. The van der Waals surface area contributed by atoms with Crippen LogP contribution in [0.25, 0.3) is 0 Å². The number of hydrogen-bond acceptors (Lipinski definition) is 5. The first-order chi connectivity index (χ1) is 8.38. The number of aliphatic carboxylic acids is 2. The molecule has 0 heterocycles. The highest BCUT2D eigenvalue weighted by Crippen LogP contribution is 2.02. The lowest BCUT2D eigenvalue weighted by molar-refractivity contribution is -0.142. The van der Waals surface area contributed by atoms with Crippen LogP contribution in [0.15, 0.2) is 0 Å². The predicted octanol–water partition coefficient (Wildman–Crippen LogP) is -0.499. The number of hydrogen-bond donors (Lipinski definition) is 4. The van der Waals surface area contributed by atoms with Crippen LogP contribution in [0, 0.1) is 0 Å². The molecule has 104 valence electrons. The molecule has 0 aliphatic carbocycles. The number of nitrogens with one attached hydrogen (secondary N) is 1. The van der Waals surface area contributed by atoms with Gasteiger partial charge in [0.1, 0.15) is 12.1 Å². The lowest BCUT2D eigenvalue weighted by Gasteiger charge is -2.14. The number of carbonyl (C=O) groups excluding carboxylic acids is 1. The number of carboxylic acids is 2. The molecule has 0 saturated carbocycles. The summed E-state index contributed by atoms with van der Waals surface area (Å²) in [5, 5.41) is 19.7. The molecule has 0 bridgehead atoms. The first kappa shape index (κ1) is 16.7. The van der Waals surface area contributed by atoms with Crippen molar-refractivity contribution in [3.8, 4) is 0 Å². The van der Waals surface area contributed by atoms with E-state index in [-0.39, 0.29) is 12.8 Å². The molecule has 1 amide bonds. The maximum atomic E-state index is 11.4. The first-order valence-corrected chi connectivity index (χ1v) is 6.77. The Morgan fingerprint density at radius 1 is 1.22 bits per heavy atom. The molecule has 0 saturated heterocycles. The Kier molecular flexibility index (Phi) is 8.14. The summed E-state index contributed by atoms with van der Waals surface area (Å²) in [7, 11) is 0. The fourth-order valence-electron chi connectivity index (χ4n) is 1.17. The SMILES string of the molecule is CSCCC(NC(=O)CCC(N)C(=O)O)C(=O)O. The van der Waals surface area contributed by atoms with Crippen LogP contribution in [-0.2, 0) is 14.4 Å². The Balaban J connectivity index is 4.09. The highest BCUT2D eigenvalue weighted by molar-refractivity contribution is 7.98. The van der Waals surface area contributed by atoms with E-state index in [1.807, 2.05) is 6.26 Å². The number of nitrogens with two attached hydrogens (primary N) is 1. The van der Waals surface area contributed by atoms with E-state index >= 15 is 0 Å². The highest BCUT2D eigenvalue weighted by Gasteiger charge is 2.20. The Morgan fingerprint density at radius 3 is 2.28 bits per heavy atom. The summed E-state index contributed by atoms with van der Waals surface area (Å²) in [4.78, 5) is 32.7. The summed E-state index contributed by atoms with van der Waals surface area (Å²) >= 11 is 1.48. The number of amides is 1. The fourth-order valence-corrected chi connectivity index (χ4v) is 1.64. The second-order valence-corrected chi connectivity index (χ2v) is 4.71. The van der Waals surface area contributed by atoms with Crippen molar-refractivity contribution in [2.24, 2.45) is 5.73 Å². The molecule has 2 atom stereocenters. The third kappa shape index (κ3) is 7.13. The van der Waals surface area contributed by atoms with Gasteiger partial charge < -0.3 is 21.3 Å². The van der Waals surface area contributed by atoms with Gasteiger partial charge in [-0.05, 0) is 24.9 Å². The van der Waals surface area contributed by atoms with Crippen LogP contribution in [0.2, 0.25) is 0 Å². The quantitative estimate of drug-likeness (QED) is 0.447. The van der Waals surface area contributed by atoms with Crippen LogP contribution < -0.4 is 11.1 Å². The van der Waals surface area contributed by atoms with Crippen molar-refractivity contribution in [3.05, 3.63) is 0 Å². The maximum absolute atomic E-state index is 11.4. The third-order valence-electron chi connectivity index (χ3n) is 2.24. The zero-order chi connectivity index (χ0) is 14.1. The van der Waals surface area contributed by atoms with Gasteiger partial charge in [-0.15, -0.1) is 0 Å². The standard InChI is InChI=1S/C10H18N2O5S/c1-18-5-4-7(10(16)17)12-8(13)3-2-6(11)9(14)15/h6-7H,2-5,11H2,1H3,(H,12,13)(H,14,15)(H,16,17). The number of carboxylic acid groups (broad SMARTS) is 2. The van der Waals surface area contributed by atoms with Crippen LogP contribution in [0.5, 0.6) is 0 Å². The second kappa shape index (κ2) is 8.76. The number of carbonyl (C=O) groups is 3. The average Bonchev–Trinajstić information content (AvgIpc) is 2.30. The summed E-state index contributed by atoms with van der Waals surface area (Å²) in [6.45, 7) is 0. The summed E-state index contributed by atoms with van der Waals surface area (Å²) < 4.78 is 0. The molecule has 2 unspecified atom stereocenters. The third-order valence-corrected chi connectivity index (χ3v) is 2.89. The van der Waals surface area contributed by atoms with Crippen molar-refractivity contribution in [3.63, 3.8) is 0 Å². The van der Waals surface area contributed by atoms with Gasteiger partial charge >= 0.3 is 11.9 Å². The maximum Gasteiger partial charge on any atom is 0.326 e. The van der Waals surface area contributed by atoms with E-state index in [4.69, 9.17) is 15.9 Å². The van der Waals surface area contributed by atoms with E-state index in [9.17, 15) is 14.4 Å². The molecule has 0 aromatic heterocycles. The van der Waals surface area contributed by atoms with Gasteiger partial charge in [0.15, 0.2) is 0 Å². The molecule has 5 N–H and O–H groups in total. The van der Waals surface area contributed by atoms with Crippen LogP contribution in [-0.4, -0.2) is 52.2 Å². The van der Waals surface area contributed by atoms with Gasteiger partial charge in [0.2, 0.25) is 5.91 Å². The van der Waals surface area contributed by atoms with E-state index in [1.54, 1.807) is 0 Å². The zero-order valence-corrected chi connectivity index (χ0v) is 10.9. The minimum absolute atomic E-state index is 0.0178. The van der Waals surface area contributed by atoms with Crippen molar-refractivity contribution >= 4 is 29.6 Å². The molecule has 0 aromatic rings. The van der Waals surface area contributed by atoms with Crippen molar-refractivity contribution in [1.82, 2.24) is 5.32 Å². The molecule has 0 rings (SSSR count). The Labute approximate surface area is 109 Å². The van der Waals surface area contributed by atoms with Crippen molar-refractivity contribution in [2.45, 2.75) is 31.3 Å². The van der Waals surface area contributed by atoms with Gasteiger partial charge in [0.25, 0.3) is 0 Å². The molecular formula is C10H18N2O5S. The van der Waals surface area contributed by atoms with Gasteiger partial charge in [0.05, 0.1) is 0 Å². The summed E-state index contributed by atoms with van der Waals surface area (Å²) in [5.41, 5.74) is 5.24. The summed E-state index contributed by atoms with van der Waals surface area (Å²) in [5.74, 6) is -2.16. The van der Waals surface area contributed by atoms with Gasteiger partial charge in [0, 0.05) is 6.42 Å². The van der Waals surface area contributed by atoms with Crippen LogP contribution in [0.1, 0.15) is 19.3 Å². The van der Waals surface area contributed by atoms with Crippen LogP contribution >= 0.6 is 11.8 Å². The van der Waals surface area contributed by atoms with Gasteiger partial charge in [-0.2, -0.15) is 11.8 Å². The molecule has 0 fully saturated rings. The lowest BCUT2D eigenvalue weighted by Crippen LogP contribution is -2.42. The molecule has 18 heavy (non-hydrogen) atoms. The Morgan fingerprint density at radius 2 is 1.83 bits per heavy atom. The molecule has 0 aliphatic heterocycles. The number of thioether (sulfide) groups is 1. The topological polar surface area (TPSA) is 130 Å². The zero-order valence-electron chi connectivity index (χ0n) is 10.1. The van der Waals surface area contributed by atoms with E-state index in [1.165, 1.54) is 11.8 Å². The van der Waals surface area contributed by atoms with Crippen LogP contribution in [0.3, 0.4) is 0 Å². The molecular weight excluding hydrogens is 260 g/mol. The first-order valence-electron chi connectivity index (χ1n) is 5.38. The average molecular weight is 278 g/mol. The van der Waals surface area contributed by atoms with E-state index in [2.05, 4.69) is 5.32 Å². The normalized spacial score (nSPS) is 13.7. The second-order valence-electron chi connectivity index (χ2n) is 3.72. The summed E-state index contributed by atoms with van der Waals surface area (Å²) in [6, 6.07) is -2.05. The van der Waals surface area contributed by atoms with E-state index in [0.717, 1.165) is 0 Å². The van der Waals surface area contributed by atoms with Crippen LogP contribution in [0.4, 0.5) is 0 Å². The highest BCUT2D eigenvalue weighted by atomic mass is 32.2. The molecule has 0 aromatic carbocycles. The minimum atomic E-state index is -1.18. The lowest BCUT2D eigenvalue weighted by atomic mass is 10.1. The number of rotatable bonds is 9. The molecule has 0 radical (unpaired) electrons. The van der Waals surface area contributed by atoms with E-state index < -0.39 is 29.9 Å². The van der Waals surface area contributed by atoms with Gasteiger partial charge in [-0.3, -0.25) is 9.59 Å². The smallest absolute Gasteiger partial charge is 0.326 e. The summed E-state index contributed by atoms with van der Waals surface area (Å²) in [6.07, 6.45) is 2.05.